The van der Waals surface area contributed by atoms with Crippen LogP contribution in [-0.2, 0) is 19.5 Å². The van der Waals surface area contributed by atoms with E-state index in [9.17, 15) is 9.18 Å². The van der Waals surface area contributed by atoms with Crippen LogP contribution in [0.1, 0.15) is 15.9 Å². The number of rotatable bonds is 7. The fourth-order valence-electron chi connectivity index (χ4n) is 1.57. The summed E-state index contributed by atoms with van der Waals surface area (Å²) in [6, 6.07) is 2.51. The Morgan fingerprint density at radius 3 is 2.45 bits per heavy atom. The molecule has 0 aliphatic rings. The molecule has 0 heterocycles. The van der Waals surface area contributed by atoms with E-state index in [0.717, 1.165) is 6.07 Å². The number of hydrogen-bond donors (Lipinski definition) is 0. The molecule has 1 aromatic carbocycles. The van der Waals surface area contributed by atoms with E-state index in [1.165, 1.54) is 27.4 Å². The molecule has 0 aliphatic carbocycles. The van der Waals surface area contributed by atoms with Gasteiger partial charge in [0.25, 0.3) is 0 Å². The molecule has 0 aromatic heterocycles. The number of carbonyl (C=O) groups excluding carboxylic acids is 1. The third-order valence-corrected chi connectivity index (χ3v) is 3.20. The Morgan fingerprint density at radius 1 is 1.30 bits per heavy atom. The van der Waals surface area contributed by atoms with Crippen LogP contribution in [0.2, 0.25) is 0 Å². The van der Waals surface area contributed by atoms with E-state index in [2.05, 4.69) is 20.7 Å². The van der Waals surface area contributed by atoms with Gasteiger partial charge in [-0.25, -0.2) is 9.18 Å². The summed E-state index contributed by atoms with van der Waals surface area (Å²) in [5.74, 6) is -1.15. The molecule has 0 atom stereocenters. The summed E-state index contributed by atoms with van der Waals surface area (Å²) in [5, 5.41) is 0.245. The van der Waals surface area contributed by atoms with Gasteiger partial charge < -0.3 is 18.9 Å². The first kappa shape index (κ1) is 16.9. The van der Waals surface area contributed by atoms with E-state index < -0.39 is 18.1 Å². The van der Waals surface area contributed by atoms with Gasteiger partial charge in [0.05, 0.1) is 12.7 Å². The minimum Gasteiger partial charge on any atom is -0.485 e. The summed E-state index contributed by atoms with van der Waals surface area (Å²) in [6.07, 6.45) is -0.626. The van der Waals surface area contributed by atoms with Gasteiger partial charge in [-0.2, -0.15) is 0 Å². The lowest BCUT2D eigenvalue weighted by atomic mass is 10.1. The summed E-state index contributed by atoms with van der Waals surface area (Å²) >= 11 is 3.22. The van der Waals surface area contributed by atoms with Crippen LogP contribution in [0.4, 0.5) is 4.39 Å². The normalized spacial score (nSPS) is 10.7. The SMILES string of the molecule is COC(=O)c1ccc(F)c(OCC(OC)OC)c1CBr. The molecule has 0 saturated heterocycles. The second kappa shape index (κ2) is 8.18. The predicted molar refractivity (Wildman–Crippen MR) is 73.7 cm³/mol. The highest BCUT2D eigenvalue weighted by Gasteiger charge is 2.20. The van der Waals surface area contributed by atoms with Gasteiger partial charge in [0.1, 0.15) is 6.61 Å². The van der Waals surface area contributed by atoms with Crippen molar-refractivity contribution in [1.82, 2.24) is 0 Å². The lowest BCUT2D eigenvalue weighted by molar-refractivity contribution is -0.122. The molecular weight excluding hydrogens is 335 g/mol. The van der Waals surface area contributed by atoms with Crippen LogP contribution in [0.3, 0.4) is 0 Å². The van der Waals surface area contributed by atoms with Crippen molar-refractivity contribution in [3.8, 4) is 5.75 Å². The van der Waals surface area contributed by atoms with Crippen molar-refractivity contribution in [3.05, 3.63) is 29.1 Å². The molecule has 0 spiro atoms. The summed E-state index contributed by atoms with van der Waals surface area (Å²) in [5.41, 5.74) is 0.620. The first-order valence-electron chi connectivity index (χ1n) is 5.73. The standard InChI is InChI=1S/C13H16BrFO5/c1-17-11(18-2)7-20-12-9(6-14)8(13(16)19-3)4-5-10(12)15/h4-5,11H,6-7H2,1-3H3. The first-order chi connectivity index (χ1) is 9.58. The van der Waals surface area contributed by atoms with Gasteiger partial charge in [0.2, 0.25) is 0 Å². The Kier molecular flexibility index (Phi) is 6.90. The number of methoxy groups -OCH3 is 3. The van der Waals surface area contributed by atoms with Crippen LogP contribution < -0.4 is 4.74 Å². The number of esters is 1. The average molecular weight is 351 g/mol. The Bertz CT molecular complexity index is 462. The zero-order valence-electron chi connectivity index (χ0n) is 11.4. The van der Waals surface area contributed by atoms with Crippen LogP contribution in [0.15, 0.2) is 12.1 Å². The number of halogens is 2. The monoisotopic (exact) mass is 350 g/mol. The fraction of sp³-hybridized carbons (Fsp3) is 0.462. The topological polar surface area (TPSA) is 54.0 Å². The van der Waals surface area contributed by atoms with Crippen molar-refractivity contribution in [2.24, 2.45) is 0 Å². The molecule has 0 unspecified atom stereocenters. The van der Waals surface area contributed by atoms with E-state index in [1.54, 1.807) is 0 Å². The third kappa shape index (κ3) is 3.91. The first-order valence-corrected chi connectivity index (χ1v) is 6.85. The largest absolute Gasteiger partial charge is 0.485 e. The Labute approximate surface area is 125 Å². The number of hydrogen-bond acceptors (Lipinski definition) is 5. The van der Waals surface area contributed by atoms with Crippen molar-refractivity contribution < 1.29 is 28.1 Å². The molecule has 0 N–H and O–H groups in total. The van der Waals surface area contributed by atoms with E-state index in [-0.39, 0.29) is 23.2 Å². The molecule has 1 rings (SSSR count). The summed E-state index contributed by atoms with van der Waals surface area (Å²) in [4.78, 5) is 11.6. The van der Waals surface area contributed by atoms with E-state index in [4.69, 9.17) is 14.2 Å². The zero-order chi connectivity index (χ0) is 15.1. The lowest BCUT2D eigenvalue weighted by Gasteiger charge is -2.17. The smallest absolute Gasteiger partial charge is 0.338 e. The Balaban J connectivity index is 3.07. The lowest BCUT2D eigenvalue weighted by Crippen LogP contribution is -2.23. The highest BCUT2D eigenvalue weighted by atomic mass is 79.9. The number of benzene rings is 1. The quantitative estimate of drug-likeness (QED) is 0.429. The molecule has 0 fully saturated rings. The summed E-state index contributed by atoms with van der Waals surface area (Å²) < 4.78 is 33.8. The Morgan fingerprint density at radius 2 is 1.95 bits per heavy atom. The van der Waals surface area contributed by atoms with Crippen LogP contribution in [0.25, 0.3) is 0 Å². The van der Waals surface area contributed by atoms with Gasteiger partial charge in [-0.15, -0.1) is 0 Å². The predicted octanol–water partition coefficient (Wildman–Crippen LogP) is 2.50. The average Bonchev–Trinajstić information content (AvgIpc) is 2.48. The van der Waals surface area contributed by atoms with Crippen molar-refractivity contribution >= 4 is 21.9 Å². The highest BCUT2D eigenvalue weighted by molar-refractivity contribution is 9.08. The van der Waals surface area contributed by atoms with E-state index in [0.29, 0.717) is 5.56 Å². The zero-order valence-corrected chi connectivity index (χ0v) is 13.0. The third-order valence-electron chi connectivity index (χ3n) is 2.64. The number of alkyl halides is 1. The van der Waals surface area contributed by atoms with E-state index in [1.807, 2.05) is 0 Å². The molecule has 7 heteroatoms. The van der Waals surface area contributed by atoms with Crippen LogP contribution in [0.5, 0.6) is 5.75 Å². The van der Waals surface area contributed by atoms with Crippen molar-refractivity contribution in [2.45, 2.75) is 11.6 Å². The fourth-order valence-corrected chi connectivity index (χ4v) is 2.13. The van der Waals surface area contributed by atoms with Crippen molar-refractivity contribution in [1.29, 1.82) is 0 Å². The van der Waals surface area contributed by atoms with Crippen LogP contribution >= 0.6 is 15.9 Å². The van der Waals surface area contributed by atoms with Gasteiger partial charge in [0, 0.05) is 25.1 Å². The van der Waals surface area contributed by atoms with Gasteiger partial charge in [0.15, 0.2) is 17.9 Å². The van der Waals surface area contributed by atoms with E-state index >= 15 is 0 Å². The van der Waals surface area contributed by atoms with Crippen LogP contribution in [-0.4, -0.2) is 40.2 Å². The molecule has 20 heavy (non-hydrogen) atoms. The van der Waals surface area contributed by atoms with Crippen molar-refractivity contribution in [2.75, 3.05) is 27.9 Å². The van der Waals surface area contributed by atoms with Gasteiger partial charge in [-0.05, 0) is 12.1 Å². The van der Waals surface area contributed by atoms with Gasteiger partial charge >= 0.3 is 5.97 Å². The van der Waals surface area contributed by atoms with Crippen molar-refractivity contribution in [3.63, 3.8) is 0 Å². The molecule has 0 aliphatic heterocycles. The minimum absolute atomic E-state index is 0.00541. The molecule has 0 bridgehead atoms. The molecular formula is C13H16BrFO5. The summed E-state index contributed by atoms with van der Waals surface area (Å²) in [7, 11) is 4.16. The maximum absolute atomic E-state index is 13.9. The minimum atomic E-state index is -0.626. The molecule has 0 radical (unpaired) electrons. The molecule has 5 nitrogen and oxygen atoms in total. The molecule has 0 amide bonds. The second-order valence-electron chi connectivity index (χ2n) is 3.74. The molecule has 0 saturated carbocycles. The molecule has 112 valence electrons. The number of carbonyl (C=O) groups is 1. The highest BCUT2D eigenvalue weighted by Crippen LogP contribution is 2.29. The Hall–Kier alpha value is -1.18. The van der Waals surface area contributed by atoms with Gasteiger partial charge in [-0.1, -0.05) is 15.9 Å². The second-order valence-corrected chi connectivity index (χ2v) is 4.30. The maximum atomic E-state index is 13.9. The summed E-state index contributed by atoms with van der Waals surface area (Å²) in [6.45, 7) is -0.00541. The number of ether oxygens (including phenoxy) is 4. The van der Waals surface area contributed by atoms with Crippen LogP contribution in [0, 0.1) is 5.82 Å². The van der Waals surface area contributed by atoms with Gasteiger partial charge in [-0.3, -0.25) is 0 Å². The molecule has 1 aromatic rings. The maximum Gasteiger partial charge on any atom is 0.338 e.